The van der Waals surface area contributed by atoms with E-state index in [1.165, 1.54) is 37.4 Å². The highest BCUT2D eigenvalue weighted by atomic mass is 35.5. The highest BCUT2D eigenvalue weighted by Gasteiger charge is 2.14. The van der Waals surface area contributed by atoms with Crippen LogP contribution in [0.2, 0.25) is 5.02 Å². The van der Waals surface area contributed by atoms with Gasteiger partial charge in [-0.15, -0.1) is 0 Å². The van der Waals surface area contributed by atoms with E-state index in [0.717, 1.165) is 0 Å². The van der Waals surface area contributed by atoms with Gasteiger partial charge in [0.25, 0.3) is 0 Å². The number of hydrogen-bond acceptors (Lipinski definition) is 5. The molecule has 0 aliphatic carbocycles. The Balaban J connectivity index is 2.40. The number of benzene rings is 2. The number of nitrogens with zero attached hydrogens (tertiary/aromatic N) is 1. The maximum atomic E-state index is 10.9. The number of carboxylic acids is 2. The third-order valence-electron chi connectivity index (χ3n) is 3.47. The predicted molar refractivity (Wildman–Crippen MR) is 98.0 cm³/mol. The van der Waals surface area contributed by atoms with Crippen molar-refractivity contribution in [3.63, 3.8) is 0 Å². The standard InChI is InChI=1S/C19H14ClNO6/c1-26-16-8-11(7-15(20)18(16)27-10-17(22)23)6-14(9-21)12-2-4-13(5-3-12)19(24)25/h2-8H,10H2,1H3,(H,22,23)(H,24,25)/b14-6-. The van der Waals surface area contributed by atoms with Gasteiger partial charge in [-0.2, -0.15) is 5.26 Å². The molecule has 0 unspecified atom stereocenters. The van der Waals surface area contributed by atoms with Crippen LogP contribution in [0.15, 0.2) is 36.4 Å². The molecule has 138 valence electrons. The van der Waals surface area contributed by atoms with Gasteiger partial charge >= 0.3 is 11.9 Å². The minimum atomic E-state index is -1.16. The summed E-state index contributed by atoms with van der Waals surface area (Å²) in [6.45, 7) is -0.579. The maximum absolute atomic E-state index is 10.9. The number of methoxy groups -OCH3 is 1. The zero-order chi connectivity index (χ0) is 20.0. The van der Waals surface area contributed by atoms with Gasteiger partial charge in [0.15, 0.2) is 18.1 Å². The fourth-order valence-electron chi connectivity index (χ4n) is 2.24. The molecule has 0 saturated heterocycles. The Hall–Kier alpha value is -3.50. The largest absolute Gasteiger partial charge is 0.493 e. The normalized spacial score (nSPS) is 10.8. The molecule has 7 nitrogen and oxygen atoms in total. The second-order valence-electron chi connectivity index (χ2n) is 5.27. The fraction of sp³-hybridized carbons (Fsp3) is 0.105. The zero-order valence-corrected chi connectivity index (χ0v) is 14.9. The quantitative estimate of drug-likeness (QED) is 0.550. The summed E-state index contributed by atoms with van der Waals surface area (Å²) >= 11 is 6.15. The number of hydrogen-bond donors (Lipinski definition) is 2. The van der Waals surface area contributed by atoms with Gasteiger partial charge in [-0.25, -0.2) is 9.59 Å². The molecule has 2 rings (SSSR count). The summed E-state index contributed by atoms with van der Waals surface area (Å²) in [4.78, 5) is 21.6. The van der Waals surface area contributed by atoms with E-state index in [0.29, 0.717) is 11.1 Å². The van der Waals surface area contributed by atoms with Gasteiger partial charge in [-0.1, -0.05) is 23.7 Å². The molecule has 0 aliphatic rings. The molecular weight excluding hydrogens is 374 g/mol. The summed E-state index contributed by atoms with van der Waals surface area (Å²) in [5, 5.41) is 27.2. The van der Waals surface area contributed by atoms with Gasteiger partial charge in [-0.3, -0.25) is 0 Å². The smallest absolute Gasteiger partial charge is 0.341 e. The Labute approximate surface area is 159 Å². The average molecular weight is 388 g/mol. The molecule has 2 N–H and O–H groups in total. The van der Waals surface area contributed by atoms with Crippen molar-refractivity contribution in [1.29, 1.82) is 5.26 Å². The molecule has 2 aromatic rings. The second-order valence-corrected chi connectivity index (χ2v) is 5.68. The summed E-state index contributed by atoms with van der Waals surface area (Å²) in [7, 11) is 1.38. The van der Waals surface area contributed by atoms with Crippen molar-refractivity contribution in [3.8, 4) is 17.6 Å². The number of allylic oxidation sites excluding steroid dienone is 1. The Bertz CT molecular complexity index is 944. The van der Waals surface area contributed by atoms with Crippen molar-refractivity contribution >= 4 is 35.2 Å². The molecule has 0 heterocycles. The van der Waals surface area contributed by atoms with Crippen molar-refractivity contribution < 1.29 is 29.3 Å². The first-order chi connectivity index (χ1) is 12.8. The molecule has 0 aromatic heterocycles. The van der Waals surface area contributed by atoms with Crippen molar-refractivity contribution in [1.82, 2.24) is 0 Å². The topological polar surface area (TPSA) is 117 Å². The van der Waals surface area contributed by atoms with Gasteiger partial charge in [0.05, 0.1) is 29.3 Å². The van der Waals surface area contributed by atoms with Crippen LogP contribution in [-0.2, 0) is 4.79 Å². The Morgan fingerprint density at radius 1 is 1.19 bits per heavy atom. The Morgan fingerprint density at radius 3 is 2.33 bits per heavy atom. The number of rotatable bonds is 7. The van der Waals surface area contributed by atoms with Gasteiger partial charge in [0.2, 0.25) is 0 Å². The van der Waals surface area contributed by atoms with Crippen LogP contribution < -0.4 is 9.47 Å². The van der Waals surface area contributed by atoms with Crippen molar-refractivity contribution in [2.45, 2.75) is 0 Å². The SMILES string of the molecule is COc1cc(/C=C(/C#N)c2ccc(C(=O)O)cc2)cc(Cl)c1OCC(=O)O. The first-order valence-electron chi connectivity index (χ1n) is 7.53. The minimum absolute atomic E-state index is 0.0861. The summed E-state index contributed by atoms with van der Waals surface area (Å²) in [5.41, 5.74) is 1.45. The molecule has 0 aliphatic heterocycles. The van der Waals surface area contributed by atoms with Gasteiger partial charge < -0.3 is 19.7 Å². The van der Waals surface area contributed by atoms with Gasteiger partial charge in [0, 0.05) is 0 Å². The van der Waals surface area contributed by atoms with Crippen LogP contribution in [0.5, 0.6) is 11.5 Å². The van der Waals surface area contributed by atoms with Crippen molar-refractivity contribution in [2.75, 3.05) is 13.7 Å². The molecule has 27 heavy (non-hydrogen) atoms. The van der Waals surface area contributed by atoms with E-state index in [2.05, 4.69) is 0 Å². The van der Waals surface area contributed by atoms with E-state index >= 15 is 0 Å². The third-order valence-corrected chi connectivity index (χ3v) is 3.75. The lowest BCUT2D eigenvalue weighted by Crippen LogP contribution is -2.10. The first-order valence-corrected chi connectivity index (χ1v) is 7.91. The van der Waals surface area contributed by atoms with Crippen molar-refractivity contribution in [3.05, 3.63) is 58.1 Å². The molecule has 8 heteroatoms. The van der Waals surface area contributed by atoms with Crippen LogP contribution in [0, 0.1) is 11.3 Å². The molecule has 0 fully saturated rings. The molecular formula is C19H14ClNO6. The number of aromatic carboxylic acids is 1. The molecule has 0 atom stereocenters. The first kappa shape index (κ1) is 19.8. The molecule has 0 saturated carbocycles. The lowest BCUT2D eigenvalue weighted by molar-refractivity contribution is -0.139. The number of aliphatic carboxylic acids is 1. The molecule has 0 radical (unpaired) electrons. The summed E-state index contributed by atoms with van der Waals surface area (Å²) in [5.74, 6) is -1.91. The van der Waals surface area contributed by atoms with Crippen LogP contribution in [0.3, 0.4) is 0 Å². The number of halogens is 1. The van der Waals surface area contributed by atoms with Crippen LogP contribution in [0.1, 0.15) is 21.5 Å². The number of nitriles is 1. The average Bonchev–Trinajstić information content (AvgIpc) is 2.64. The lowest BCUT2D eigenvalue weighted by atomic mass is 10.0. The third kappa shape index (κ3) is 5.00. The zero-order valence-electron chi connectivity index (χ0n) is 14.1. The summed E-state index contributed by atoms with van der Waals surface area (Å²) in [6.07, 6.45) is 1.55. The Morgan fingerprint density at radius 2 is 1.81 bits per heavy atom. The van der Waals surface area contributed by atoms with E-state index in [1.807, 2.05) is 6.07 Å². The van der Waals surface area contributed by atoms with Crippen LogP contribution in [0.4, 0.5) is 0 Å². The molecule has 0 bridgehead atoms. The Kier molecular flexibility index (Phi) is 6.41. The van der Waals surface area contributed by atoms with Crippen LogP contribution in [-0.4, -0.2) is 35.9 Å². The lowest BCUT2D eigenvalue weighted by Gasteiger charge is -2.12. The molecule has 0 spiro atoms. The maximum Gasteiger partial charge on any atom is 0.341 e. The molecule has 2 aromatic carbocycles. The van der Waals surface area contributed by atoms with E-state index < -0.39 is 18.5 Å². The highest BCUT2D eigenvalue weighted by Crippen LogP contribution is 2.37. The van der Waals surface area contributed by atoms with E-state index in [9.17, 15) is 14.9 Å². The number of ether oxygens (including phenoxy) is 2. The summed E-state index contributed by atoms with van der Waals surface area (Å²) in [6, 6.07) is 11.0. The molecule has 0 amide bonds. The van der Waals surface area contributed by atoms with E-state index in [4.69, 9.17) is 31.3 Å². The minimum Gasteiger partial charge on any atom is -0.493 e. The van der Waals surface area contributed by atoms with Gasteiger partial charge in [-0.05, 0) is 41.5 Å². The second kappa shape index (κ2) is 8.74. The monoisotopic (exact) mass is 387 g/mol. The predicted octanol–water partition coefficient (Wildman–Crippen LogP) is 3.57. The van der Waals surface area contributed by atoms with Crippen LogP contribution in [0.25, 0.3) is 11.6 Å². The number of carbonyl (C=O) groups is 2. The van der Waals surface area contributed by atoms with Crippen LogP contribution >= 0.6 is 11.6 Å². The highest BCUT2D eigenvalue weighted by molar-refractivity contribution is 6.32. The number of carboxylic acid groups (broad SMARTS) is 2. The van der Waals surface area contributed by atoms with E-state index in [1.54, 1.807) is 12.1 Å². The van der Waals surface area contributed by atoms with Gasteiger partial charge in [0.1, 0.15) is 0 Å². The van der Waals surface area contributed by atoms with E-state index in [-0.39, 0.29) is 27.7 Å². The fourth-order valence-corrected chi connectivity index (χ4v) is 2.51. The summed E-state index contributed by atoms with van der Waals surface area (Å²) < 4.78 is 10.3. The van der Waals surface area contributed by atoms with Crippen molar-refractivity contribution in [2.24, 2.45) is 0 Å².